The van der Waals surface area contributed by atoms with Gasteiger partial charge in [-0.1, -0.05) is 5.16 Å². The minimum absolute atomic E-state index is 0.0268. The number of amides is 2. The highest BCUT2D eigenvalue weighted by molar-refractivity contribution is 5.74. The van der Waals surface area contributed by atoms with Crippen LogP contribution in [0.1, 0.15) is 43.8 Å². The number of nitrogens with zero attached hydrogens (tertiary/aromatic N) is 3. The fourth-order valence-corrected chi connectivity index (χ4v) is 3.83. The highest BCUT2D eigenvalue weighted by atomic mass is 16.5. The van der Waals surface area contributed by atoms with Crippen LogP contribution in [0.5, 0.6) is 0 Å². The molecule has 3 rings (SSSR count). The topological polar surface area (TPSA) is 89.7 Å². The number of carbonyl (C=O) groups excluding carboxylic acids is 1. The summed E-state index contributed by atoms with van der Waals surface area (Å²) in [5.41, 5.74) is -0.0279. The van der Waals surface area contributed by atoms with Crippen molar-refractivity contribution in [3.8, 4) is 0 Å². The first-order valence-corrected chi connectivity index (χ1v) is 9.13. The Morgan fingerprint density at radius 3 is 2.92 bits per heavy atom. The van der Waals surface area contributed by atoms with Gasteiger partial charge in [0.2, 0.25) is 5.89 Å². The summed E-state index contributed by atoms with van der Waals surface area (Å²) in [4.78, 5) is 18.9. The van der Waals surface area contributed by atoms with Crippen molar-refractivity contribution in [3.63, 3.8) is 0 Å². The van der Waals surface area contributed by atoms with Crippen LogP contribution in [0.3, 0.4) is 0 Å². The summed E-state index contributed by atoms with van der Waals surface area (Å²) in [5.74, 6) is 1.36. The van der Waals surface area contributed by atoms with Crippen LogP contribution in [0, 0.1) is 12.3 Å². The zero-order valence-corrected chi connectivity index (χ0v) is 15.1. The Balaban J connectivity index is 1.63. The lowest BCUT2D eigenvalue weighted by Crippen LogP contribution is -2.41. The number of urea groups is 1. The molecule has 0 radical (unpaired) electrons. The fraction of sp³-hybridized carbons (Fsp3) is 0.824. The summed E-state index contributed by atoms with van der Waals surface area (Å²) >= 11 is 0. The number of nitrogens with one attached hydrogen (secondary N) is 1. The Kier molecular flexibility index (Phi) is 5.90. The van der Waals surface area contributed by atoms with E-state index in [1.807, 2.05) is 18.7 Å². The van der Waals surface area contributed by atoms with Crippen molar-refractivity contribution < 1.29 is 18.8 Å². The van der Waals surface area contributed by atoms with Crippen molar-refractivity contribution in [2.45, 2.75) is 39.0 Å². The second-order valence-corrected chi connectivity index (χ2v) is 6.87. The molecular formula is C17H28N4O4. The first-order valence-electron chi connectivity index (χ1n) is 9.13. The largest absolute Gasteiger partial charge is 0.382 e. The second kappa shape index (κ2) is 8.14. The maximum absolute atomic E-state index is 12.6. The quantitative estimate of drug-likeness (QED) is 0.784. The van der Waals surface area contributed by atoms with E-state index in [0.29, 0.717) is 57.8 Å². The molecule has 0 aliphatic carbocycles. The first-order chi connectivity index (χ1) is 12.1. The smallest absolute Gasteiger partial charge is 0.317 e. The Hall–Kier alpha value is -1.67. The molecule has 1 aromatic rings. The number of aromatic nitrogens is 2. The van der Waals surface area contributed by atoms with Crippen LogP contribution in [-0.4, -0.2) is 67.1 Å². The van der Waals surface area contributed by atoms with Gasteiger partial charge in [-0.2, -0.15) is 4.98 Å². The molecule has 1 atom stereocenters. The van der Waals surface area contributed by atoms with Crippen molar-refractivity contribution in [2.75, 3.05) is 46.1 Å². The highest BCUT2D eigenvalue weighted by Gasteiger charge is 2.51. The molecule has 25 heavy (non-hydrogen) atoms. The molecule has 1 unspecified atom stereocenters. The monoisotopic (exact) mass is 352 g/mol. The van der Waals surface area contributed by atoms with Crippen LogP contribution < -0.4 is 5.32 Å². The standard InChI is InChI=1S/C17H28N4O4/c1-3-23-8-4-7-18-16(22)21-11-14(15-19-13(2)20-25-15)17(12-21)5-9-24-10-6-17/h14H,3-12H2,1-2H3,(H,18,22). The Morgan fingerprint density at radius 1 is 1.44 bits per heavy atom. The van der Waals surface area contributed by atoms with Crippen LogP contribution in [0.15, 0.2) is 4.52 Å². The molecule has 1 N–H and O–H groups in total. The Labute approximate surface area is 148 Å². The molecule has 3 heterocycles. The van der Waals surface area contributed by atoms with E-state index in [-0.39, 0.29) is 17.4 Å². The normalized spacial score (nSPS) is 22.5. The fourth-order valence-electron chi connectivity index (χ4n) is 3.83. The van der Waals surface area contributed by atoms with Gasteiger partial charge in [0.1, 0.15) is 0 Å². The van der Waals surface area contributed by atoms with E-state index < -0.39 is 0 Å². The van der Waals surface area contributed by atoms with Crippen LogP contribution in [0.2, 0.25) is 0 Å². The molecule has 1 aromatic heterocycles. The molecule has 2 saturated heterocycles. The van der Waals surface area contributed by atoms with E-state index in [1.54, 1.807) is 0 Å². The third-order valence-electron chi connectivity index (χ3n) is 5.21. The van der Waals surface area contributed by atoms with Crippen LogP contribution in [0.4, 0.5) is 4.79 Å². The van der Waals surface area contributed by atoms with Crippen LogP contribution in [-0.2, 0) is 9.47 Å². The number of hydrogen-bond acceptors (Lipinski definition) is 6. The van der Waals surface area contributed by atoms with E-state index in [0.717, 1.165) is 19.3 Å². The summed E-state index contributed by atoms with van der Waals surface area (Å²) in [6.07, 6.45) is 2.64. The molecule has 0 saturated carbocycles. The molecule has 1 spiro atoms. The number of carbonyl (C=O) groups is 1. The Bertz CT molecular complexity index is 571. The summed E-state index contributed by atoms with van der Waals surface area (Å²) in [6.45, 7) is 8.53. The van der Waals surface area contributed by atoms with Gasteiger partial charge in [-0.05, 0) is 33.1 Å². The molecule has 2 aliphatic rings. The summed E-state index contributed by atoms with van der Waals surface area (Å²) < 4.78 is 16.3. The van der Waals surface area contributed by atoms with Gasteiger partial charge in [0, 0.05) is 51.5 Å². The molecule has 2 aliphatic heterocycles. The van der Waals surface area contributed by atoms with Gasteiger partial charge < -0.3 is 24.2 Å². The predicted molar refractivity (Wildman–Crippen MR) is 90.3 cm³/mol. The molecule has 8 heteroatoms. The van der Waals surface area contributed by atoms with Gasteiger partial charge >= 0.3 is 6.03 Å². The minimum atomic E-state index is -0.0279. The zero-order valence-electron chi connectivity index (χ0n) is 15.1. The van der Waals surface area contributed by atoms with Gasteiger partial charge in [-0.15, -0.1) is 0 Å². The van der Waals surface area contributed by atoms with Crippen LogP contribution in [0.25, 0.3) is 0 Å². The lowest BCUT2D eigenvalue weighted by atomic mass is 9.72. The van der Waals surface area contributed by atoms with Gasteiger partial charge in [-0.25, -0.2) is 4.79 Å². The molecule has 140 valence electrons. The molecule has 0 aromatic carbocycles. The van der Waals surface area contributed by atoms with Gasteiger partial charge in [0.05, 0.1) is 5.92 Å². The maximum Gasteiger partial charge on any atom is 0.317 e. The molecule has 0 bridgehead atoms. The third-order valence-corrected chi connectivity index (χ3v) is 5.21. The molecule has 8 nitrogen and oxygen atoms in total. The molecule has 2 amide bonds. The zero-order chi connectivity index (χ0) is 17.7. The van der Waals surface area contributed by atoms with Crippen molar-refractivity contribution in [1.29, 1.82) is 0 Å². The van der Waals surface area contributed by atoms with E-state index in [9.17, 15) is 4.79 Å². The second-order valence-electron chi connectivity index (χ2n) is 6.87. The number of aryl methyl sites for hydroxylation is 1. The molecule has 2 fully saturated rings. The van der Waals surface area contributed by atoms with Gasteiger partial charge in [-0.3, -0.25) is 0 Å². The number of hydrogen-bond donors (Lipinski definition) is 1. The van der Waals surface area contributed by atoms with Crippen LogP contribution >= 0.6 is 0 Å². The summed E-state index contributed by atoms with van der Waals surface area (Å²) in [6, 6.07) is -0.0268. The Morgan fingerprint density at radius 2 is 2.24 bits per heavy atom. The molecular weight excluding hydrogens is 324 g/mol. The van der Waals surface area contributed by atoms with Crippen molar-refractivity contribution in [3.05, 3.63) is 11.7 Å². The predicted octanol–water partition coefficient (Wildman–Crippen LogP) is 1.71. The average molecular weight is 352 g/mol. The van der Waals surface area contributed by atoms with Gasteiger partial charge in [0.15, 0.2) is 5.82 Å². The summed E-state index contributed by atoms with van der Waals surface area (Å²) in [5, 5.41) is 6.93. The van der Waals surface area contributed by atoms with E-state index in [2.05, 4.69) is 15.5 Å². The van der Waals surface area contributed by atoms with Crippen molar-refractivity contribution in [1.82, 2.24) is 20.4 Å². The maximum atomic E-state index is 12.6. The number of ether oxygens (including phenoxy) is 2. The lowest BCUT2D eigenvalue weighted by molar-refractivity contribution is 0.00942. The third kappa shape index (κ3) is 4.12. The minimum Gasteiger partial charge on any atom is -0.382 e. The van der Waals surface area contributed by atoms with Crippen molar-refractivity contribution >= 4 is 6.03 Å². The highest BCUT2D eigenvalue weighted by Crippen LogP contribution is 2.48. The van der Waals surface area contributed by atoms with E-state index >= 15 is 0 Å². The summed E-state index contributed by atoms with van der Waals surface area (Å²) in [7, 11) is 0. The van der Waals surface area contributed by atoms with E-state index in [4.69, 9.17) is 14.0 Å². The van der Waals surface area contributed by atoms with Crippen molar-refractivity contribution in [2.24, 2.45) is 5.41 Å². The number of rotatable bonds is 6. The lowest BCUT2D eigenvalue weighted by Gasteiger charge is -2.36. The van der Waals surface area contributed by atoms with Gasteiger partial charge in [0.25, 0.3) is 0 Å². The SMILES string of the molecule is CCOCCCNC(=O)N1CC(c2nc(C)no2)C2(CCOCC2)C1. The first kappa shape index (κ1) is 18.1. The van der Waals surface area contributed by atoms with E-state index in [1.165, 1.54) is 0 Å². The number of likely N-dealkylation sites (tertiary alicyclic amines) is 1. The average Bonchev–Trinajstić information content (AvgIpc) is 3.19.